The van der Waals surface area contributed by atoms with E-state index in [-0.39, 0.29) is 42.6 Å². The Morgan fingerprint density at radius 3 is 2.85 bits per heavy atom. The predicted molar refractivity (Wildman–Crippen MR) is 107 cm³/mol. The molecule has 3 N–H and O–H groups in total. The van der Waals surface area contributed by atoms with Crippen LogP contribution in [0.25, 0.3) is 0 Å². The highest BCUT2D eigenvalue weighted by Crippen LogP contribution is 2.27. The van der Waals surface area contributed by atoms with E-state index in [9.17, 15) is 9.59 Å². The first kappa shape index (κ1) is 20.9. The van der Waals surface area contributed by atoms with Gasteiger partial charge in [0, 0.05) is 37.9 Å². The molecule has 0 radical (unpaired) electrons. The molecule has 0 bridgehead atoms. The third kappa shape index (κ3) is 5.30. The highest BCUT2D eigenvalue weighted by Gasteiger charge is 2.34. The second-order valence-electron chi connectivity index (χ2n) is 6.64. The molecule has 2 atom stereocenters. The van der Waals surface area contributed by atoms with Gasteiger partial charge in [-0.3, -0.25) is 14.3 Å². The Morgan fingerprint density at radius 2 is 2.15 bits per heavy atom. The summed E-state index contributed by atoms with van der Waals surface area (Å²) in [5.74, 6) is -0.458. The van der Waals surface area contributed by atoms with Crippen molar-refractivity contribution in [3.05, 3.63) is 47.8 Å². The molecule has 0 unspecified atom stereocenters. The van der Waals surface area contributed by atoms with Crippen LogP contribution in [0.15, 0.2) is 36.7 Å². The monoisotopic (exact) mass is 391 g/mol. The minimum atomic E-state index is -0.226. The second kappa shape index (κ2) is 9.53. The number of nitrogens with one attached hydrogen (secondary N) is 3. The molecule has 0 spiro atoms. The normalized spacial score (nSPS) is 18.6. The zero-order valence-corrected chi connectivity index (χ0v) is 16.4. The van der Waals surface area contributed by atoms with Gasteiger partial charge in [0.05, 0.1) is 18.7 Å². The number of carbonyl (C=O) groups excluding carboxylic acids is 2. The molecule has 0 saturated carbocycles. The molecular weight excluding hydrogens is 366 g/mol. The molecule has 1 fully saturated rings. The van der Waals surface area contributed by atoms with Crippen molar-refractivity contribution in [3.8, 4) is 0 Å². The largest absolute Gasteiger partial charge is 0.347 e. The Kier molecular flexibility index (Phi) is 7.38. The van der Waals surface area contributed by atoms with Crippen LogP contribution < -0.4 is 16.0 Å². The van der Waals surface area contributed by atoms with E-state index in [2.05, 4.69) is 28.0 Å². The summed E-state index contributed by atoms with van der Waals surface area (Å²) in [6.07, 6.45) is 4.64. The van der Waals surface area contributed by atoms with E-state index in [4.69, 9.17) is 0 Å². The maximum atomic E-state index is 12.5. The standard InChI is InChI=1S/C19H25N5O2.ClH/c1-3-13-5-4-6-15(7-13)23-18(25)11-21-19(26)17-10-20-9-16(17)14-8-22-24(2)12-14;/h4-8,12,16-17,20H,3,9-11H2,1-2H3,(H,21,26)(H,23,25);1H/t16-,17+;/m1./s1. The molecule has 27 heavy (non-hydrogen) atoms. The maximum absolute atomic E-state index is 12.5. The predicted octanol–water partition coefficient (Wildman–Crippen LogP) is 1.46. The molecule has 0 aliphatic carbocycles. The number of hydrogen-bond acceptors (Lipinski definition) is 4. The van der Waals surface area contributed by atoms with Gasteiger partial charge < -0.3 is 16.0 Å². The number of aryl methyl sites for hydroxylation is 2. The van der Waals surface area contributed by atoms with Crippen LogP contribution in [0.2, 0.25) is 0 Å². The highest BCUT2D eigenvalue weighted by molar-refractivity contribution is 5.95. The molecule has 1 aromatic heterocycles. The van der Waals surface area contributed by atoms with E-state index in [1.54, 1.807) is 10.9 Å². The molecule has 3 rings (SSSR count). The average Bonchev–Trinajstić information content (AvgIpc) is 3.28. The van der Waals surface area contributed by atoms with Gasteiger partial charge in [0.15, 0.2) is 0 Å². The molecule has 146 valence electrons. The van der Waals surface area contributed by atoms with Gasteiger partial charge in [-0.25, -0.2) is 0 Å². The fourth-order valence-corrected chi connectivity index (χ4v) is 3.31. The Labute approximate surface area is 165 Å². The van der Waals surface area contributed by atoms with Gasteiger partial charge in [-0.15, -0.1) is 12.4 Å². The van der Waals surface area contributed by atoms with E-state index in [1.807, 2.05) is 37.5 Å². The van der Waals surface area contributed by atoms with Crippen molar-refractivity contribution in [2.75, 3.05) is 25.0 Å². The smallest absolute Gasteiger partial charge is 0.243 e. The van der Waals surface area contributed by atoms with Gasteiger partial charge in [0.2, 0.25) is 11.8 Å². The number of amides is 2. The first-order valence-corrected chi connectivity index (χ1v) is 8.92. The van der Waals surface area contributed by atoms with Gasteiger partial charge in [0.25, 0.3) is 0 Å². The van der Waals surface area contributed by atoms with Crippen LogP contribution in [0.1, 0.15) is 24.0 Å². The topological polar surface area (TPSA) is 88.1 Å². The number of carbonyl (C=O) groups is 2. The summed E-state index contributed by atoms with van der Waals surface area (Å²) in [6.45, 7) is 3.37. The molecule has 1 aliphatic rings. The summed E-state index contributed by atoms with van der Waals surface area (Å²) < 4.78 is 1.74. The molecule has 2 aromatic rings. The fraction of sp³-hybridized carbons (Fsp3) is 0.421. The third-order valence-electron chi connectivity index (χ3n) is 4.75. The lowest BCUT2D eigenvalue weighted by Crippen LogP contribution is -2.39. The van der Waals surface area contributed by atoms with Gasteiger partial charge in [-0.2, -0.15) is 5.10 Å². The molecule has 1 saturated heterocycles. The van der Waals surface area contributed by atoms with Crippen molar-refractivity contribution >= 4 is 29.9 Å². The van der Waals surface area contributed by atoms with Crippen molar-refractivity contribution in [2.45, 2.75) is 19.3 Å². The van der Waals surface area contributed by atoms with Gasteiger partial charge >= 0.3 is 0 Å². The van der Waals surface area contributed by atoms with Gasteiger partial charge in [-0.1, -0.05) is 19.1 Å². The lowest BCUT2D eigenvalue weighted by Gasteiger charge is -2.17. The summed E-state index contributed by atoms with van der Waals surface area (Å²) in [6, 6.07) is 7.72. The minimum Gasteiger partial charge on any atom is -0.347 e. The third-order valence-corrected chi connectivity index (χ3v) is 4.75. The Balaban J connectivity index is 0.00000261. The summed E-state index contributed by atoms with van der Waals surface area (Å²) in [5, 5.41) is 13.0. The molecule has 7 nitrogen and oxygen atoms in total. The lowest BCUT2D eigenvalue weighted by atomic mass is 9.90. The average molecular weight is 392 g/mol. The number of halogens is 1. The number of nitrogens with zero attached hydrogens (tertiary/aromatic N) is 2. The number of benzene rings is 1. The van der Waals surface area contributed by atoms with Crippen molar-refractivity contribution in [3.63, 3.8) is 0 Å². The maximum Gasteiger partial charge on any atom is 0.243 e. The number of hydrogen-bond donors (Lipinski definition) is 3. The Bertz CT molecular complexity index is 792. The zero-order chi connectivity index (χ0) is 18.5. The SMILES string of the molecule is CCc1cccc(NC(=O)CNC(=O)[C@H]2CNC[C@@H]2c2cnn(C)c2)c1.Cl. The van der Waals surface area contributed by atoms with Crippen molar-refractivity contribution in [1.82, 2.24) is 20.4 Å². The number of anilines is 1. The first-order valence-electron chi connectivity index (χ1n) is 8.92. The fourth-order valence-electron chi connectivity index (χ4n) is 3.31. The second-order valence-corrected chi connectivity index (χ2v) is 6.64. The van der Waals surface area contributed by atoms with Crippen LogP contribution in [-0.2, 0) is 23.1 Å². The summed E-state index contributed by atoms with van der Waals surface area (Å²) in [7, 11) is 1.86. The molecule has 2 amide bonds. The molecule has 8 heteroatoms. The van der Waals surface area contributed by atoms with E-state index in [0.29, 0.717) is 6.54 Å². The van der Waals surface area contributed by atoms with Gasteiger partial charge in [-0.05, 0) is 29.7 Å². The van der Waals surface area contributed by atoms with Crippen LogP contribution in [0.4, 0.5) is 5.69 Å². The van der Waals surface area contributed by atoms with Crippen LogP contribution in [0.5, 0.6) is 0 Å². The van der Waals surface area contributed by atoms with E-state index >= 15 is 0 Å². The van der Waals surface area contributed by atoms with Crippen LogP contribution >= 0.6 is 12.4 Å². The van der Waals surface area contributed by atoms with Gasteiger partial charge in [0.1, 0.15) is 0 Å². The highest BCUT2D eigenvalue weighted by atomic mass is 35.5. The Morgan fingerprint density at radius 1 is 1.33 bits per heavy atom. The number of rotatable bonds is 6. The summed E-state index contributed by atoms with van der Waals surface area (Å²) in [4.78, 5) is 24.7. The molecule has 1 aromatic carbocycles. The molecular formula is C19H26ClN5O2. The van der Waals surface area contributed by atoms with Crippen LogP contribution in [0.3, 0.4) is 0 Å². The lowest BCUT2D eigenvalue weighted by molar-refractivity contribution is -0.127. The number of aromatic nitrogens is 2. The van der Waals surface area contributed by atoms with Crippen LogP contribution in [-0.4, -0.2) is 41.2 Å². The summed E-state index contributed by atoms with van der Waals surface area (Å²) >= 11 is 0. The minimum absolute atomic E-state index is 0. The first-order chi connectivity index (χ1) is 12.6. The van der Waals surface area contributed by atoms with Crippen LogP contribution in [0, 0.1) is 5.92 Å². The quantitative estimate of drug-likeness (QED) is 0.695. The Hall–Kier alpha value is -2.38. The molecule has 1 aliphatic heterocycles. The van der Waals surface area contributed by atoms with E-state index in [0.717, 1.165) is 29.8 Å². The zero-order valence-electron chi connectivity index (χ0n) is 15.6. The van der Waals surface area contributed by atoms with E-state index < -0.39 is 0 Å². The van der Waals surface area contributed by atoms with Crippen molar-refractivity contribution in [1.29, 1.82) is 0 Å². The summed E-state index contributed by atoms with van der Waals surface area (Å²) in [5.41, 5.74) is 2.95. The van der Waals surface area contributed by atoms with Crippen molar-refractivity contribution < 1.29 is 9.59 Å². The van der Waals surface area contributed by atoms with Crippen molar-refractivity contribution in [2.24, 2.45) is 13.0 Å². The van der Waals surface area contributed by atoms with E-state index in [1.165, 1.54) is 0 Å². The molecule has 2 heterocycles.